The maximum absolute atomic E-state index is 13.1. The van der Waals surface area contributed by atoms with Gasteiger partial charge in [-0.25, -0.2) is 0 Å². The van der Waals surface area contributed by atoms with Crippen molar-refractivity contribution in [2.45, 2.75) is 63.7 Å². The minimum absolute atomic E-state index is 0.0668. The second-order valence-corrected chi connectivity index (χ2v) is 11.3. The smallest absolute Gasteiger partial charge is 0.281 e. The summed E-state index contributed by atoms with van der Waals surface area (Å²) in [7, 11) is -3.50. The molecule has 4 saturated heterocycles. The number of nitrogens with one attached hydrogen (secondary N) is 1. The minimum atomic E-state index is -3.50. The van der Waals surface area contributed by atoms with Crippen molar-refractivity contribution < 1.29 is 22.7 Å². The Bertz CT molecular complexity index is 709. The van der Waals surface area contributed by atoms with E-state index in [1.165, 1.54) is 19.3 Å². The highest BCUT2D eigenvalue weighted by molar-refractivity contribution is 7.86. The average molecular weight is 459 g/mol. The second kappa shape index (κ2) is 10.0. The summed E-state index contributed by atoms with van der Waals surface area (Å²) < 4.78 is 40.6. The van der Waals surface area contributed by atoms with Gasteiger partial charge in [-0.1, -0.05) is 6.42 Å². The highest BCUT2D eigenvalue weighted by atomic mass is 32.2. The SMILES string of the molecule is C[C@H]1CCCCN1CCNC(=O)C1CCN(S(=O)(=O)N2CCC3(CC2)OCCO3)CC1. The Morgan fingerprint density at radius 3 is 2.26 bits per heavy atom. The first-order chi connectivity index (χ1) is 14.9. The van der Waals surface area contributed by atoms with Gasteiger partial charge >= 0.3 is 0 Å². The third-order valence-corrected chi connectivity index (χ3v) is 9.45. The third kappa shape index (κ3) is 5.42. The van der Waals surface area contributed by atoms with Gasteiger partial charge in [0, 0.05) is 64.1 Å². The van der Waals surface area contributed by atoms with E-state index in [4.69, 9.17) is 9.47 Å². The molecule has 0 unspecified atom stereocenters. The molecule has 9 nitrogen and oxygen atoms in total. The van der Waals surface area contributed by atoms with Crippen LogP contribution in [0.4, 0.5) is 0 Å². The second-order valence-electron chi connectivity index (χ2n) is 9.36. The molecule has 0 aromatic heterocycles. The Morgan fingerprint density at radius 2 is 1.61 bits per heavy atom. The van der Waals surface area contributed by atoms with Crippen molar-refractivity contribution in [1.82, 2.24) is 18.8 Å². The molecule has 1 amide bonds. The maximum Gasteiger partial charge on any atom is 0.281 e. The van der Waals surface area contributed by atoms with Crippen LogP contribution in [0.15, 0.2) is 0 Å². The van der Waals surface area contributed by atoms with Crippen molar-refractivity contribution in [3.8, 4) is 0 Å². The third-order valence-electron chi connectivity index (χ3n) is 7.41. The molecule has 1 spiro atoms. The van der Waals surface area contributed by atoms with Crippen LogP contribution in [0.5, 0.6) is 0 Å². The number of ether oxygens (including phenoxy) is 2. The van der Waals surface area contributed by atoms with Crippen LogP contribution in [0.3, 0.4) is 0 Å². The summed E-state index contributed by atoms with van der Waals surface area (Å²) in [6.45, 7) is 7.73. The summed E-state index contributed by atoms with van der Waals surface area (Å²) >= 11 is 0. The maximum atomic E-state index is 13.1. The van der Waals surface area contributed by atoms with Crippen molar-refractivity contribution in [3.63, 3.8) is 0 Å². The monoisotopic (exact) mass is 458 g/mol. The number of likely N-dealkylation sites (tertiary alicyclic amines) is 1. The summed E-state index contributed by atoms with van der Waals surface area (Å²) in [4.78, 5) is 15.0. The van der Waals surface area contributed by atoms with Gasteiger partial charge in [-0.15, -0.1) is 0 Å². The molecule has 0 radical (unpaired) electrons. The molecule has 4 fully saturated rings. The van der Waals surface area contributed by atoms with Gasteiger partial charge in [-0.2, -0.15) is 17.0 Å². The minimum Gasteiger partial charge on any atom is -0.355 e. The van der Waals surface area contributed by atoms with E-state index in [0.29, 0.717) is 77.7 Å². The molecule has 0 aromatic rings. The molecule has 1 N–H and O–H groups in total. The van der Waals surface area contributed by atoms with Gasteiger partial charge < -0.3 is 14.8 Å². The zero-order chi connectivity index (χ0) is 21.9. The lowest BCUT2D eigenvalue weighted by atomic mass is 9.97. The number of rotatable bonds is 6. The lowest BCUT2D eigenvalue weighted by Gasteiger charge is -2.40. The Kier molecular flexibility index (Phi) is 7.55. The first-order valence-corrected chi connectivity index (χ1v) is 13.3. The zero-order valence-electron chi connectivity index (χ0n) is 18.8. The number of hydrogen-bond acceptors (Lipinski definition) is 6. The fraction of sp³-hybridized carbons (Fsp3) is 0.952. The number of carbonyl (C=O) groups is 1. The largest absolute Gasteiger partial charge is 0.355 e. The van der Waals surface area contributed by atoms with Crippen LogP contribution in [0.25, 0.3) is 0 Å². The molecule has 4 rings (SSSR count). The molecule has 0 aliphatic carbocycles. The number of piperidine rings is 3. The Hall–Kier alpha value is -0.780. The summed E-state index contributed by atoms with van der Waals surface area (Å²) in [6, 6.07) is 0.593. The summed E-state index contributed by atoms with van der Waals surface area (Å²) in [6.07, 6.45) is 6.07. The molecule has 10 heteroatoms. The van der Waals surface area contributed by atoms with Gasteiger partial charge in [0.1, 0.15) is 0 Å². The van der Waals surface area contributed by atoms with Crippen molar-refractivity contribution >= 4 is 16.1 Å². The van der Waals surface area contributed by atoms with Gasteiger partial charge in [-0.05, 0) is 39.2 Å². The van der Waals surface area contributed by atoms with Crippen LogP contribution >= 0.6 is 0 Å². The zero-order valence-corrected chi connectivity index (χ0v) is 19.6. The Labute approximate surface area is 186 Å². The molecule has 31 heavy (non-hydrogen) atoms. The molecule has 0 aromatic carbocycles. The standard InChI is InChI=1S/C21H38N4O5S/c1-18-4-2-3-10-23(18)15-9-22-20(26)19-5-11-24(12-6-19)31(27,28)25-13-7-21(8-14-25)29-16-17-30-21/h18-19H,2-17H2,1H3,(H,22,26)/t18-/m0/s1. The van der Waals surface area contributed by atoms with Crippen molar-refractivity contribution in [3.05, 3.63) is 0 Å². The summed E-state index contributed by atoms with van der Waals surface area (Å²) in [5, 5.41) is 3.08. The van der Waals surface area contributed by atoms with E-state index in [9.17, 15) is 13.2 Å². The molecule has 4 heterocycles. The molecule has 178 valence electrons. The van der Waals surface area contributed by atoms with Gasteiger partial charge in [0.05, 0.1) is 13.2 Å². The van der Waals surface area contributed by atoms with E-state index in [1.807, 2.05) is 0 Å². The van der Waals surface area contributed by atoms with Crippen molar-refractivity contribution in [2.24, 2.45) is 5.92 Å². The predicted molar refractivity (Wildman–Crippen MR) is 117 cm³/mol. The first-order valence-electron chi connectivity index (χ1n) is 11.9. The quantitative estimate of drug-likeness (QED) is 0.632. The van der Waals surface area contributed by atoms with Crippen LogP contribution in [-0.2, 0) is 24.5 Å². The van der Waals surface area contributed by atoms with Crippen molar-refractivity contribution in [2.75, 3.05) is 59.0 Å². The molecular formula is C21H38N4O5S. The molecule has 1 atom stereocenters. The Balaban J connectivity index is 1.19. The summed E-state index contributed by atoms with van der Waals surface area (Å²) in [5.74, 6) is -0.615. The predicted octanol–water partition coefficient (Wildman–Crippen LogP) is 0.773. The van der Waals surface area contributed by atoms with Crippen LogP contribution in [0.1, 0.15) is 51.9 Å². The van der Waals surface area contributed by atoms with Crippen LogP contribution in [0.2, 0.25) is 0 Å². The number of hydrogen-bond donors (Lipinski definition) is 1. The molecule has 4 aliphatic rings. The van der Waals surface area contributed by atoms with E-state index in [0.717, 1.165) is 13.1 Å². The van der Waals surface area contributed by atoms with Crippen molar-refractivity contribution in [1.29, 1.82) is 0 Å². The van der Waals surface area contributed by atoms with Gasteiger partial charge in [0.15, 0.2) is 5.79 Å². The molecule has 0 bridgehead atoms. The van der Waals surface area contributed by atoms with Gasteiger partial charge in [-0.3, -0.25) is 9.69 Å². The van der Waals surface area contributed by atoms with E-state index >= 15 is 0 Å². The van der Waals surface area contributed by atoms with Crippen LogP contribution in [-0.4, -0.2) is 98.7 Å². The van der Waals surface area contributed by atoms with E-state index < -0.39 is 16.0 Å². The van der Waals surface area contributed by atoms with E-state index in [-0.39, 0.29) is 11.8 Å². The highest BCUT2D eigenvalue weighted by Crippen LogP contribution is 2.33. The number of carbonyl (C=O) groups excluding carboxylic acids is 1. The molecular weight excluding hydrogens is 420 g/mol. The van der Waals surface area contributed by atoms with Gasteiger partial charge in [0.25, 0.3) is 10.2 Å². The molecule has 4 aliphatic heterocycles. The average Bonchev–Trinajstić information content (AvgIpc) is 3.23. The molecule has 0 saturated carbocycles. The fourth-order valence-corrected chi connectivity index (χ4v) is 6.96. The topological polar surface area (TPSA) is 91.4 Å². The summed E-state index contributed by atoms with van der Waals surface area (Å²) in [5.41, 5.74) is 0. The van der Waals surface area contributed by atoms with Crippen LogP contribution < -0.4 is 5.32 Å². The van der Waals surface area contributed by atoms with E-state index in [2.05, 4.69) is 17.1 Å². The normalized spacial score (nSPS) is 29.4. The lowest BCUT2D eigenvalue weighted by Crippen LogP contribution is -2.53. The number of amides is 1. The van der Waals surface area contributed by atoms with E-state index in [1.54, 1.807) is 8.61 Å². The van der Waals surface area contributed by atoms with Crippen LogP contribution in [0, 0.1) is 5.92 Å². The fourth-order valence-electron chi connectivity index (χ4n) is 5.31. The van der Waals surface area contributed by atoms with Gasteiger partial charge in [0.2, 0.25) is 5.91 Å². The Morgan fingerprint density at radius 1 is 0.968 bits per heavy atom. The lowest BCUT2D eigenvalue weighted by molar-refractivity contribution is -0.179. The highest BCUT2D eigenvalue weighted by Gasteiger charge is 2.44. The number of nitrogens with zero attached hydrogens (tertiary/aromatic N) is 3. The first kappa shape index (κ1) is 23.4.